The normalized spacial score (nSPS) is 25.5. The smallest absolute Gasteiger partial charge is 0.154 e. The summed E-state index contributed by atoms with van der Waals surface area (Å²) in [5, 5.41) is 42.4. The van der Waals surface area contributed by atoms with E-state index in [1.807, 2.05) is 6.07 Å². The van der Waals surface area contributed by atoms with Gasteiger partial charge in [0.05, 0.1) is 18.3 Å². The number of pyridine rings is 1. The Hall–Kier alpha value is -1.98. The van der Waals surface area contributed by atoms with Gasteiger partial charge in [-0.15, -0.1) is 0 Å². The molecule has 2 heterocycles. The molecule has 6 N–H and O–H groups in total. The van der Waals surface area contributed by atoms with Crippen molar-refractivity contribution in [3.05, 3.63) is 63.0 Å². The second-order valence-electron chi connectivity index (χ2n) is 6.98. The van der Waals surface area contributed by atoms with Crippen molar-refractivity contribution in [1.29, 1.82) is 5.26 Å². The van der Waals surface area contributed by atoms with Crippen LogP contribution in [0, 0.1) is 23.0 Å². The van der Waals surface area contributed by atoms with Crippen LogP contribution in [0.15, 0.2) is 40.0 Å². The van der Waals surface area contributed by atoms with Crippen LogP contribution in [-0.2, 0) is 4.74 Å². The molecule has 1 saturated heterocycles. The zero-order valence-electron chi connectivity index (χ0n) is 16.6. The van der Waals surface area contributed by atoms with Crippen LogP contribution in [0.4, 0.5) is 8.78 Å². The van der Waals surface area contributed by atoms with Crippen molar-refractivity contribution in [2.24, 2.45) is 5.73 Å². The minimum absolute atomic E-state index is 0.0126. The number of ether oxygens (including phenoxy) is 1. The van der Waals surface area contributed by atoms with Gasteiger partial charge in [0, 0.05) is 27.3 Å². The molecule has 5 unspecified atom stereocenters. The third kappa shape index (κ3) is 5.75. The first-order valence-corrected chi connectivity index (χ1v) is 11.4. The number of nitrogens with zero attached hydrogens (tertiary/aromatic N) is 2. The van der Waals surface area contributed by atoms with Gasteiger partial charge in [-0.05, 0) is 34.1 Å². The monoisotopic (exact) mass is 562 g/mol. The van der Waals surface area contributed by atoms with Crippen molar-refractivity contribution in [3.8, 4) is 6.07 Å². The molecule has 1 aromatic heterocycles. The summed E-state index contributed by atoms with van der Waals surface area (Å²) < 4.78 is 33.7. The first kappa shape index (κ1) is 25.6. The molecule has 176 valence electrons. The van der Waals surface area contributed by atoms with Crippen molar-refractivity contribution in [1.82, 2.24) is 10.3 Å². The fourth-order valence-corrected chi connectivity index (χ4v) is 4.85. The number of halogens is 4. The van der Waals surface area contributed by atoms with E-state index in [2.05, 4.69) is 26.2 Å². The molecule has 8 nitrogen and oxygen atoms in total. The zero-order chi connectivity index (χ0) is 24.3. The summed E-state index contributed by atoms with van der Waals surface area (Å²) >= 11 is 9.73. The zero-order valence-corrected chi connectivity index (χ0v) is 19.8. The lowest BCUT2D eigenvalue weighted by atomic mass is 9.97. The molecule has 0 bridgehead atoms. The van der Waals surface area contributed by atoms with Gasteiger partial charge in [-0.2, -0.15) is 5.26 Å². The fraction of sp³-hybridized carbons (Fsp3) is 0.300. The van der Waals surface area contributed by atoms with E-state index in [9.17, 15) is 29.4 Å². The Kier molecular flexibility index (Phi) is 8.52. The number of thioether (sulfide) groups is 1. The van der Waals surface area contributed by atoms with Crippen LogP contribution in [-0.4, -0.2) is 56.7 Å². The lowest BCUT2D eigenvalue weighted by Crippen LogP contribution is -2.62. The number of nitriles is 1. The second kappa shape index (κ2) is 11.0. The molecule has 1 aliphatic rings. The van der Waals surface area contributed by atoms with Crippen molar-refractivity contribution in [3.63, 3.8) is 0 Å². The number of rotatable bonds is 6. The molecule has 0 saturated carbocycles. The van der Waals surface area contributed by atoms with Gasteiger partial charge in [-0.1, -0.05) is 23.4 Å². The molecule has 2 aromatic rings. The predicted molar refractivity (Wildman–Crippen MR) is 121 cm³/mol. The van der Waals surface area contributed by atoms with E-state index in [1.54, 1.807) is 6.07 Å². The molecule has 1 aliphatic heterocycles. The summed E-state index contributed by atoms with van der Waals surface area (Å²) in [6.45, 7) is -0.558. The summed E-state index contributed by atoms with van der Waals surface area (Å²) in [6, 6.07) is 4.36. The number of nitrogens with two attached hydrogens (primary N) is 1. The van der Waals surface area contributed by atoms with Crippen LogP contribution < -0.4 is 11.1 Å². The Morgan fingerprint density at radius 1 is 1.33 bits per heavy atom. The molecule has 33 heavy (non-hydrogen) atoms. The van der Waals surface area contributed by atoms with Crippen LogP contribution in [0.5, 0.6) is 0 Å². The average molecular weight is 564 g/mol. The van der Waals surface area contributed by atoms with Gasteiger partial charge in [0.1, 0.15) is 46.5 Å². The molecule has 5 atom stereocenters. The number of aliphatic hydroxyl groups is 3. The van der Waals surface area contributed by atoms with Crippen molar-refractivity contribution < 1.29 is 28.8 Å². The lowest BCUT2D eigenvalue weighted by molar-refractivity contribution is -0.164. The minimum atomic E-state index is -1.36. The van der Waals surface area contributed by atoms with E-state index >= 15 is 0 Å². The molecular formula is C20H18BrClF2N4O4S. The van der Waals surface area contributed by atoms with Gasteiger partial charge in [-0.25, -0.2) is 13.8 Å². The number of nitrogens with one attached hydrogen (secondary N) is 1. The van der Waals surface area contributed by atoms with Crippen LogP contribution in [0.3, 0.4) is 0 Å². The first-order chi connectivity index (χ1) is 15.7. The van der Waals surface area contributed by atoms with Crippen molar-refractivity contribution in [2.75, 3.05) is 6.61 Å². The Bertz CT molecular complexity index is 1080. The van der Waals surface area contributed by atoms with E-state index in [0.717, 1.165) is 23.9 Å². The Balaban J connectivity index is 1.84. The largest absolute Gasteiger partial charge is 0.397 e. The molecule has 0 radical (unpaired) electrons. The third-order valence-corrected chi connectivity index (χ3v) is 6.78. The standard InChI is InChI=1S/C20H18BrClF2N4O4S/c21-9-3-15(13(4-25)27-5-9)33-20-19(31)17(18(30)14(7-29)32-20)28-6-12(26)8-1-10(23)16(22)11(24)2-8/h1-3,5-6,14,17-20,28-31H,7,26H2/b12-6-. The van der Waals surface area contributed by atoms with E-state index in [0.29, 0.717) is 9.37 Å². The fourth-order valence-electron chi connectivity index (χ4n) is 3.09. The van der Waals surface area contributed by atoms with Gasteiger partial charge in [0.25, 0.3) is 0 Å². The highest BCUT2D eigenvalue weighted by Crippen LogP contribution is 2.35. The summed E-state index contributed by atoms with van der Waals surface area (Å²) in [7, 11) is 0. The van der Waals surface area contributed by atoms with E-state index in [-0.39, 0.29) is 17.0 Å². The summed E-state index contributed by atoms with van der Waals surface area (Å²) in [4.78, 5) is 4.40. The van der Waals surface area contributed by atoms with E-state index in [1.165, 1.54) is 12.4 Å². The Labute approximate surface area is 205 Å². The van der Waals surface area contributed by atoms with Gasteiger partial charge < -0.3 is 31.1 Å². The average Bonchev–Trinajstić information content (AvgIpc) is 2.78. The first-order valence-electron chi connectivity index (χ1n) is 9.37. The van der Waals surface area contributed by atoms with Crippen molar-refractivity contribution >= 4 is 45.0 Å². The third-order valence-electron chi connectivity index (χ3n) is 4.80. The van der Waals surface area contributed by atoms with Gasteiger partial charge in [-0.3, -0.25) is 0 Å². The maximum absolute atomic E-state index is 13.7. The summed E-state index contributed by atoms with van der Waals surface area (Å²) in [6.07, 6.45) is -1.17. The Morgan fingerprint density at radius 3 is 2.61 bits per heavy atom. The number of benzene rings is 1. The number of aromatic nitrogens is 1. The quantitative estimate of drug-likeness (QED) is 0.334. The molecule has 1 aromatic carbocycles. The highest BCUT2D eigenvalue weighted by Gasteiger charge is 2.44. The summed E-state index contributed by atoms with van der Waals surface area (Å²) in [5.41, 5.74) is 4.88. The highest BCUT2D eigenvalue weighted by atomic mass is 79.9. The molecule has 13 heteroatoms. The lowest BCUT2D eigenvalue weighted by Gasteiger charge is -2.42. The molecular weight excluding hydrogens is 546 g/mol. The van der Waals surface area contributed by atoms with Gasteiger partial charge >= 0.3 is 0 Å². The van der Waals surface area contributed by atoms with Gasteiger partial charge in [0.2, 0.25) is 0 Å². The van der Waals surface area contributed by atoms with Crippen LogP contribution >= 0.6 is 39.3 Å². The second-order valence-corrected chi connectivity index (χ2v) is 9.42. The van der Waals surface area contributed by atoms with Crippen LogP contribution in [0.2, 0.25) is 5.02 Å². The van der Waals surface area contributed by atoms with Crippen molar-refractivity contribution in [2.45, 2.75) is 34.7 Å². The molecule has 3 rings (SSSR count). The van der Waals surface area contributed by atoms with Gasteiger partial charge in [0.15, 0.2) is 5.69 Å². The number of hydrogen-bond acceptors (Lipinski definition) is 9. The molecule has 0 aliphatic carbocycles. The maximum atomic E-state index is 13.7. The SMILES string of the molecule is N#Cc1ncc(Br)cc1SC1OC(CO)C(O)C(N/C=C(\N)c2cc(F)c(Cl)c(F)c2)C1O. The van der Waals surface area contributed by atoms with Crippen LogP contribution in [0.25, 0.3) is 5.70 Å². The van der Waals surface area contributed by atoms with E-state index < -0.39 is 53.1 Å². The highest BCUT2D eigenvalue weighted by molar-refractivity contribution is 9.10. The maximum Gasteiger partial charge on any atom is 0.154 e. The molecule has 0 amide bonds. The predicted octanol–water partition coefficient (Wildman–Crippen LogP) is 2.09. The Morgan fingerprint density at radius 2 is 2.00 bits per heavy atom. The number of hydrogen-bond donors (Lipinski definition) is 5. The van der Waals surface area contributed by atoms with Crippen LogP contribution in [0.1, 0.15) is 11.3 Å². The topological polar surface area (TPSA) is 145 Å². The molecule has 0 spiro atoms. The van der Waals surface area contributed by atoms with E-state index in [4.69, 9.17) is 22.1 Å². The summed E-state index contributed by atoms with van der Waals surface area (Å²) in [5.74, 6) is -2.00. The number of aliphatic hydroxyl groups excluding tert-OH is 3. The minimum Gasteiger partial charge on any atom is -0.397 e. The molecule has 1 fully saturated rings.